The number of amides is 1. The van der Waals surface area contributed by atoms with Crippen LogP contribution >= 0.6 is 24.8 Å². The van der Waals surface area contributed by atoms with Crippen LogP contribution in [0.1, 0.15) is 19.4 Å². The molecule has 5 nitrogen and oxygen atoms in total. The lowest BCUT2D eigenvalue weighted by Crippen LogP contribution is -2.54. The summed E-state index contributed by atoms with van der Waals surface area (Å²) in [5, 5.41) is 6.30. The fourth-order valence-electron chi connectivity index (χ4n) is 3.03. The summed E-state index contributed by atoms with van der Waals surface area (Å²) in [5.41, 5.74) is 1.30. The average Bonchev–Trinajstić information content (AvgIpc) is 2.62. The van der Waals surface area contributed by atoms with Gasteiger partial charge in [-0.25, -0.2) is 0 Å². The van der Waals surface area contributed by atoms with Gasteiger partial charge in [0, 0.05) is 19.1 Å². The fourth-order valence-corrected chi connectivity index (χ4v) is 3.03. The summed E-state index contributed by atoms with van der Waals surface area (Å²) in [6.45, 7) is 8.83. The van der Waals surface area contributed by atoms with Crippen LogP contribution in [0, 0.1) is 0 Å². The van der Waals surface area contributed by atoms with Crippen LogP contribution in [0.4, 0.5) is 0 Å². The molecule has 7 heteroatoms. The molecule has 25 heavy (non-hydrogen) atoms. The van der Waals surface area contributed by atoms with Crippen LogP contribution in [0.3, 0.4) is 0 Å². The first-order valence-electron chi connectivity index (χ1n) is 8.61. The molecule has 0 radical (unpaired) electrons. The van der Waals surface area contributed by atoms with E-state index in [1.54, 1.807) is 0 Å². The molecule has 1 saturated heterocycles. The van der Waals surface area contributed by atoms with E-state index >= 15 is 0 Å². The number of hydrogen-bond donors (Lipinski definition) is 2. The first kappa shape index (κ1) is 24.1. The molecule has 2 N–H and O–H groups in total. The lowest BCUT2D eigenvalue weighted by Gasteiger charge is -2.31. The Hall–Kier alpha value is -0.850. The Morgan fingerprint density at radius 3 is 2.52 bits per heavy atom. The highest BCUT2D eigenvalue weighted by molar-refractivity contribution is 5.85. The van der Waals surface area contributed by atoms with Gasteiger partial charge in [-0.1, -0.05) is 44.2 Å². The van der Waals surface area contributed by atoms with Crippen LogP contribution in [0.25, 0.3) is 0 Å². The van der Waals surface area contributed by atoms with Crippen LogP contribution in [0.2, 0.25) is 0 Å². The summed E-state index contributed by atoms with van der Waals surface area (Å²) in [6, 6.07) is 10.5. The molecule has 1 amide bonds. The summed E-state index contributed by atoms with van der Waals surface area (Å²) in [4.78, 5) is 14.7. The van der Waals surface area contributed by atoms with E-state index in [1.807, 2.05) is 6.07 Å². The average molecular weight is 392 g/mol. The van der Waals surface area contributed by atoms with E-state index in [1.165, 1.54) is 5.56 Å². The minimum atomic E-state index is -0.224. The zero-order chi connectivity index (χ0) is 16.5. The van der Waals surface area contributed by atoms with Crippen LogP contribution in [0.5, 0.6) is 0 Å². The van der Waals surface area contributed by atoms with Gasteiger partial charge in [0.15, 0.2) is 0 Å². The quantitative estimate of drug-likeness (QED) is 0.710. The molecule has 1 fully saturated rings. The van der Waals surface area contributed by atoms with Crippen molar-refractivity contribution in [3.63, 3.8) is 0 Å². The van der Waals surface area contributed by atoms with Crippen molar-refractivity contribution in [2.24, 2.45) is 0 Å². The molecule has 1 aromatic rings. The van der Waals surface area contributed by atoms with Crippen molar-refractivity contribution in [2.45, 2.75) is 32.4 Å². The third-order valence-electron chi connectivity index (χ3n) is 4.39. The smallest absolute Gasteiger partial charge is 0.239 e. The van der Waals surface area contributed by atoms with Gasteiger partial charge in [-0.3, -0.25) is 9.69 Å². The number of carbonyl (C=O) groups excluding carboxylic acids is 1. The second-order valence-electron chi connectivity index (χ2n) is 5.89. The normalized spacial score (nSPS) is 18.0. The maximum absolute atomic E-state index is 12.3. The minimum absolute atomic E-state index is 0. The summed E-state index contributed by atoms with van der Waals surface area (Å²) in [7, 11) is 0. The SMILES string of the molecule is CCN(CC)C(CNC(=O)C1COCCN1)Cc1ccccc1.Cl.Cl. The van der Waals surface area contributed by atoms with Crippen LogP contribution in [-0.4, -0.2) is 62.3 Å². The molecule has 1 aliphatic rings. The van der Waals surface area contributed by atoms with Crippen LogP contribution < -0.4 is 10.6 Å². The maximum Gasteiger partial charge on any atom is 0.239 e. The van der Waals surface area contributed by atoms with Gasteiger partial charge in [-0.05, 0) is 25.1 Å². The van der Waals surface area contributed by atoms with Crippen molar-refractivity contribution >= 4 is 30.7 Å². The summed E-state index contributed by atoms with van der Waals surface area (Å²) >= 11 is 0. The third-order valence-corrected chi connectivity index (χ3v) is 4.39. The molecular weight excluding hydrogens is 361 g/mol. The van der Waals surface area contributed by atoms with Crippen molar-refractivity contribution in [1.29, 1.82) is 0 Å². The Balaban J connectivity index is 0.00000288. The Kier molecular flexibility index (Phi) is 12.9. The predicted octanol–water partition coefficient (Wildman–Crippen LogP) is 1.89. The molecular formula is C18H31Cl2N3O2. The van der Waals surface area contributed by atoms with Gasteiger partial charge in [0.25, 0.3) is 0 Å². The number of benzene rings is 1. The number of nitrogens with one attached hydrogen (secondary N) is 2. The molecule has 144 valence electrons. The zero-order valence-electron chi connectivity index (χ0n) is 15.1. The van der Waals surface area contributed by atoms with Gasteiger partial charge < -0.3 is 15.4 Å². The summed E-state index contributed by atoms with van der Waals surface area (Å²) in [6.07, 6.45) is 0.942. The first-order chi connectivity index (χ1) is 11.2. The highest BCUT2D eigenvalue weighted by Crippen LogP contribution is 2.09. The van der Waals surface area contributed by atoms with Gasteiger partial charge in [0.2, 0.25) is 5.91 Å². The number of morpholine rings is 1. The largest absolute Gasteiger partial charge is 0.378 e. The van der Waals surface area contributed by atoms with E-state index in [9.17, 15) is 4.79 Å². The maximum atomic E-state index is 12.3. The number of carbonyl (C=O) groups is 1. The fraction of sp³-hybridized carbons (Fsp3) is 0.611. The Morgan fingerprint density at radius 2 is 1.96 bits per heavy atom. The number of rotatable bonds is 8. The Morgan fingerprint density at radius 1 is 1.28 bits per heavy atom. The first-order valence-corrected chi connectivity index (χ1v) is 8.61. The predicted molar refractivity (Wildman–Crippen MR) is 107 cm³/mol. The van der Waals surface area contributed by atoms with E-state index in [0.717, 1.165) is 26.1 Å². The van der Waals surface area contributed by atoms with E-state index in [4.69, 9.17) is 4.74 Å². The van der Waals surface area contributed by atoms with Crippen LogP contribution in [-0.2, 0) is 16.0 Å². The van der Waals surface area contributed by atoms with E-state index in [2.05, 4.69) is 53.6 Å². The molecule has 0 bridgehead atoms. The zero-order valence-corrected chi connectivity index (χ0v) is 16.7. The minimum Gasteiger partial charge on any atom is -0.378 e. The molecule has 2 unspecified atom stereocenters. The van der Waals surface area contributed by atoms with Gasteiger partial charge in [-0.15, -0.1) is 24.8 Å². The highest BCUT2D eigenvalue weighted by Gasteiger charge is 2.23. The van der Waals surface area contributed by atoms with Gasteiger partial charge in [0.05, 0.1) is 13.2 Å². The molecule has 1 aliphatic heterocycles. The van der Waals surface area contributed by atoms with E-state index in [-0.39, 0.29) is 36.8 Å². The molecule has 1 aromatic carbocycles. The van der Waals surface area contributed by atoms with Crippen molar-refractivity contribution in [3.8, 4) is 0 Å². The van der Waals surface area contributed by atoms with E-state index in [0.29, 0.717) is 25.8 Å². The molecule has 0 spiro atoms. The lowest BCUT2D eigenvalue weighted by atomic mass is 10.0. The number of hydrogen-bond acceptors (Lipinski definition) is 4. The second kappa shape index (κ2) is 13.4. The number of halogens is 2. The second-order valence-corrected chi connectivity index (χ2v) is 5.89. The molecule has 0 aromatic heterocycles. The Labute approximate surface area is 163 Å². The van der Waals surface area contributed by atoms with Crippen molar-refractivity contribution in [1.82, 2.24) is 15.5 Å². The third kappa shape index (κ3) is 7.92. The molecule has 2 atom stereocenters. The topological polar surface area (TPSA) is 53.6 Å². The van der Waals surface area contributed by atoms with Crippen molar-refractivity contribution in [2.75, 3.05) is 39.4 Å². The lowest BCUT2D eigenvalue weighted by molar-refractivity contribution is -0.126. The molecule has 0 saturated carbocycles. The monoisotopic (exact) mass is 391 g/mol. The standard InChI is InChI=1S/C18H29N3O2.2ClH/c1-3-21(4-2)16(12-15-8-6-5-7-9-15)13-20-18(22)17-14-23-11-10-19-17;;/h5-9,16-17,19H,3-4,10-14H2,1-2H3,(H,20,22);2*1H. The van der Waals surface area contributed by atoms with Gasteiger partial charge in [-0.2, -0.15) is 0 Å². The summed E-state index contributed by atoms with van der Waals surface area (Å²) < 4.78 is 5.36. The van der Waals surface area contributed by atoms with E-state index < -0.39 is 0 Å². The summed E-state index contributed by atoms with van der Waals surface area (Å²) in [5.74, 6) is 0.0370. The van der Waals surface area contributed by atoms with Crippen LogP contribution in [0.15, 0.2) is 30.3 Å². The van der Waals surface area contributed by atoms with Crippen molar-refractivity contribution < 1.29 is 9.53 Å². The molecule has 0 aliphatic carbocycles. The van der Waals surface area contributed by atoms with Gasteiger partial charge >= 0.3 is 0 Å². The molecule has 1 heterocycles. The number of ether oxygens (including phenoxy) is 1. The highest BCUT2D eigenvalue weighted by atomic mass is 35.5. The molecule has 2 rings (SSSR count). The Bertz CT molecular complexity index is 467. The van der Waals surface area contributed by atoms with Crippen molar-refractivity contribution in [3.05, 3.63) is 35.9 Å². The van der Waals surface area contributed by atoms with Gasteiger partial charge in [0.1, 0.15) is 6.04 Å². The number of nitrogens with zero attached hydrogens (tertiary/aromatic N) is 1. The number of likely N-dealkylation sites (N-methyl/N-ethyl adjacent to an activating group) is 1.